The smallest absolute Gasteiger partial charge is 0.223 e. The molecule has 13 heteroatoms. The fraction of sp³-hybridized carbons (Fsp3) is 0.150. The maximum atomic E-state index is 10.7. The molecule has 12 nitrogen and oxygen atoms in total. The third-order valence-electron chi connectivity index (χ3n) is 7.80. The van der Waals surface area contributed by atoms with Crippen molar-refractivity contribution in [2.75, 3.05) is 0 Å². The second kappa shape index (κ2) is 17.5. The summed E-state index contributed by atoms with van der Waals surface area (Å²) in [7, 11) is 0. The topological polar surface area (TPSA) is 169 Å². The van der Waals surface area contributed by atoms with E-state index in [-0.39, 0.29) is 63.2 Å². The molecular weight excluding hydrogens is 715 g/mol. The van der Waals surface area contributed by atoms with E-state index in [0.29, 0.717) is 33.8 Å². The number of aromatic hydroxyl groups is 4. The number of benzene rings is 4. The van der Waals surface area contributed by atoms with Gasteiger partial charge in [0.05, 0.1) is 57.8 Å². The van der Waals surface area contributed by atoms with Gasteiger partial charge in [-0.25, -0.2) is 14.2 Å². The van der Waals surface area contributed by atoms with Gasteiger partial charge in [-0.2, -0.15) is 15.5 Å². The van der Waals surface area contributed by atoms with Gasteiger partial charge in [0.1, 0.15) is 17.2 Å². The third kappa shape index (κ3) is 8.98. The largest absolute Gasteiger partial charge is 0.506 e. The fourth-order valence-electron chi connectivity index (χ4n) is 5.12. The van der Waals surface area contributed by atoms with Crippen LogP contribution in [0.15, 0.2) is 107 Å². The van der Waals surface area contributed by atoms with E-state index in [1.165, 1.54) is 58.2 Å². The number of aliphatic imine (C=N–C) groups is 2. The molecule has 0 unspecified atom stereocenters. The first kappa shape index (κ1) is 39.1. The Balaban J connectivity index is 0.000000232. The van der Waals surface area contributed by atoms with Crippen LogP contribution in [0.25, 0.3) is 16.2 Å². The van der Waals surface area contributed by atoms with Crippen molar-refractivity contribution >= 4 is 29.5 Å². The quantitative estimate of drug-likeness (QED) is 0.0890. The van der Waals surface area contributed by atoms with Gasteiger partial charge in [-0.15, -0.1) is 0 Å². The summed E-state index contributed by atoms with van der Waals surface area (Å²) in [6, 6.07) is 29.5. The minimum Gasteiger partial charge on any atom is -0.506 e. The minimum absolute atomic E-state index is 0. The van der Waals surface area contributed by atoms with Crippen molar-refractivity contribution < 1.29 is 37.2 Å². The Morgan fingerprint density at radius 3 is 1.53 bits per heavy atom. The second-order valence-corrected chi connectivity index (χ2v) is 12.2. The SMILES string of the molecule is CC(C)c1nn(-c2ccccc2)c(O)c1C=Nc1cc(C#N)ccc1O.[C-]#[N+]c1ccc(O)c(N=Cc2c(C(C)C)nn(-c3ccccc3)c2O)c1.[Co]. The van der Waals surface area contributed by atoms with E-state index in [1.54, 1.807) is 0 Å². The summed E-state index contributed by atoms with van der Waals surface area (Å²) in [5.74, 6) is 0.00173. The van der Waals surface area contributed by atoms with Gasteiger partial charge in [0.2, 0.25) is 11.8 Å². The predicted molar refractivity (Wildman–Crippen MR) is 200 cm³/mol. The molecule has 0 aliphatic rings. The van der Waals surface area contributed by atoms with Crippen molar-refractivity contribution in [1.82, 2.24) is 19.6 Å². The molecule has 0 saturated carbocycles. The number of hydrogen-bond acceptors (Lipinski definition) is 9. The number of para-hydroxylation sites is 2. The van der Waals surface area contributed by atoms with Gasteiger partial charge in [0.25, 0.3) is 0 Å². The molecule has 0 aliphatic carbocycles. The van der Waals surface area contributed by atoms with Gasteiger partial charge in [-0.1, -0.05) is 70.2 Å². The molecule has 4 aromatic carbocycles. The van der Waals surface area contributed by atoms with Gasteiger partial charge in [-0.05, 0) is 66.4 Å². The third-order valence-corrected chi connectivity index (χ3v) is 7.80. The molecule has 2 heterocycles. The van der Waals surface area contributed by atoms with Crippen molar-refractivity contribution in [3.63, 3.8) is 0 Å². The molecule has 1 radical (unpaired) electrons. The number of phenolic OH excluding ortho intramolecular Hbond substituents is 2. The van der Waals surface area contributed by atoms with E-state index in [4.69, 9.17) is 11.8 Å². The number of rotatable bonds is 8. The first-order chi connectivity index (χ1) is 25.0. The van der Waals surface area contributed by atoms with Crippen LogP contribution in [0.3, 0.4) is 0 Å². The van der Waals surface area contributed by atoms with Crippen LogP contribution in [0.5, 0.6) is 23.3 Å². The summed E-state index contributed by atoms with van der Waals surface area (Å²) in [6.45, 7) is 15.0. The van der Waals surface area contributed by atoms with Gasteiger partial charge >= 0.3 is 0 Å². The molecule has 0 spiro atoms. The molecule has 2 aromatic heterocycles. The van der Waals surface area contributed by atoms with Gasteiger partial charge in [-0.3, -0.25) is 9.98 Å². The first-order valence-electron chi connectivity index (χ1n) is 16.3. The van der Waals surface area contributed by atoms with Crippen molar-refractivity contribution in [2.24, 2.45) is 9.98 Å². The van der Waals surface area contributed by atoms with Crippen molar-refractivity contribution in [3.8, 4) is 40.7 Å². The molecule has 0 saturated heterocycles. The van der Waals surface area contributed by atoms with E-state index in [1.807, 2.05) is 94.4 Å². The number of phenols is 2. The Morgan fingerprint density at radius 1 is 0.679 bits per heavy atom. The van der Waals surface area contributed by atoms with E-state index >= 15 is 0 Å². The van der Waals surface area contributed by atoms with E-state index < -0.39 is 0 Å². The van der Waals surface area contributed by atoms with Crippen molar-refractivity contribution in [2.45, 2.75) is 39.5 Å². The zero-order valence-corrected chi connectivity index (χ0v) is 30.3. The first-order valence-corrected chi connectivity index (χ1v) is 16.3. The Morgan fingerprint density at radius 2 is 1.11 bits per heavy atom. The normalized spacial score (nSPS) is 10.9. The molecule has 6 aromatic rings. The summed E-state index contributed by atoms with van der Waals surface area (Å²) >= 11 is 0. The fourth-order valence-corrected chi connectivity index (χ4v) is 5.12. The Bertz CT molecular complexity index is 2170. The van der Waals surface area contributed by atoms with Crippen molar-refractivity contribution in [1.29, 1.82) is 5.26 Å². The Kier molecular flexibility index (Phi) is 12.9. The van der Waals surface area contributed by atoms with Crippen LogP contribution in [0, 0.1) is 17.9 Å². The van der Waals surface area contributed by atoms with Crippen molar-refractivity contribution in [3.05, 3.63) is 137 Å². The summed E-state index contributed by atoms with van der Waals surface area (Å²) in [5, 5.41) is 59.2. The molecule has 0 aliphatic heterocycles. The average Bonchev–Trinajstić information content (AvgIpc) is 3.67. The van der Waals surface area contributed by atoms with Gasteiger partial charge in [0, 0.05) is 29.2 Å². The zero-order valence-electron chi connectivity index (χ0n) is 29.2. The molecule has 0 bridgehead atoms. The predicted octanol–water partition coefficient (Wildman–Crippen LogP) is 8.73. The molecule has 269 valence electrons. The molecule has 0 amide bonds. The number of aromatic nitrogens is 4. The van der Waals surface area contributed by atoms with Crippen LogP contribution in [-0.4, -0.2) is 52.4 Å². The van der Waals surface area contributed by atoms with E-state index in [9.17, 15) is 20.4 Å². The maximum absolute atomic E-state index is 10.7. The van der Waals surface area contributed by atoms with Crippen LogP contribution < -0.4 is 0 Å². The van der Waals surface area contributed by atoms with Crippen LogP contribution >= 0.6 is 0 Å². The number of nitriles is 1. The summed E-state index contributed by atoms with van der Waals surface area (Å²) in [5.41, 5.74) is 5.10. The van der Waals surface area contributed by atoms with E-state index in [0.717, 1.165) is 11.4 Å². The molecular formula is C40H36CoN8O4. The molecule has 0 atom stereocenters. The zero-order chi connectivity index (χ0) is 37.4. The van der Waals surface area contributed by atoms with Gasteiger partial charge in [0.15, 0.2) is 5.69 Å². The average molecular weight is 752 g/mol. The summed E-state index contributed by atoms with van der Waals surface area (Å²) < 4.78 is 2.92. The Labute approximate surface area is 317 Å². The summed E-state index contributed by atoms with van der Waals surface area (Å²) in [6.07, 6.45) is 2.94. The standard InChI is InChI=1S/2C20H18N4O2.Co/c1-13(2)19-16(12-22-17-11-14(21-3)9-10-18(17)25)20(26)24(23-19)15-7-5-4-6-8-15;1-13(2)19-16(12-22-17-10-14(11-21)8-9-18(17)25)20(26)24(23-19)15-6-4-3-5-7-15;/h4-13,25-26H,1-2H3;3-10,12-13,25-26H,1-2H3;. The second-order valence-electron chi connectivity index (χ2n) is 12.2. The van der Waals surface area contributed by atoms with Crippen LogP contribution in [0.1, 0.15) is 67.6 Å². The summed E-state index contributed by atoms with van der Waals surface area (Å²) in [4.78, 5) is 11.9. The Hall–Kier alpha value is -6.67. The monoisotopic (exact) mass is 751 g/mol. The van der Waals surface area contributed by atoms with Crippen LogP contribution in [0.4, 0.5) is 17.1 Å². The molecule has 6 rings (SSSR count). The molecule has 53 heavy (non-hydrogen) atoms. The maximum Gasteiger partial charge on any atom is 0.223 e. The molecule has 0 fully saturated rings. The minimum atomic E-state index is -0.0405. The van der Waals surface area contributed by atoms with Gasteiger partial charge < -0.3 is 20.4 Å². The van der Waals surface area contributed by atoms with Crippen LogP contribution in [0.2, 0.25) is 0 Å². The number of nitrogens with zero attached hydrogens (tertiary/aromatic N) is 8. The van der Waals surface area contributed by atoms with Crippen LogP contribution in [-0.2, 0) is 16.8 Å². The van der Waals surface area contributed by atoms with E-state index in [2.05, 4.69) is 25.0 Å². The molecule has 4 N–H and O–H groups in total. The number of hydrogen-bond donors (Lipinski definition) is 4.